The van der Waals surface area contributed by atoms with Crippen LogP contribution in [-0.2, 0) is 11.2 Å². The van der Waals surface area contributed by atoms with Crippen LogP contribution in [0.3, 0.4) is 0 Å². The van der Waals surface area contributed by atoms with E-state index in [2.05, 4.69) is 5.32 Å². The Hall–Kier alpha value is -2.49. The molecule has 0 saturated carbocycles. The van der Waals surface area contributed by atoms with E-state index in [1.807, 2.05) is 32.0 Å². The first-order valence-corrected chi connectivity index (χ1v) is 7.11. The van der Waals surface area contributed by atoms with Gasteiger partial charge < -0.3 is 14.8 Å². The molecule has 0 aromatic heterocycles. The van der Waals surface area contributed by atoms with Gasteiger partial charge in [-0.25, -0.2) is 0 Å². The van der Waals surface area contributed by atoms with E-state index < -0.39 is 0 Å². The Morgan fingerprint density at radius 3 is 2.41 bits per heavy atom. The summed E-state index contributed by atoms with van der Waals surface area (Å²) in [5.41, 5.74) is 4.00. The minimum Gasteiger partial charge on any atom is -0.493 e. The van der Waals surface area contributed by atoms with E-state index in [-0.39, 0.29) is 5.91 Å². The number of nitrogens with one attached hydrogen (secondary N) is 1. The third kappa shape index (κ3) is 3.79. The van der Waals surface area contributed by atoms with E-state index in [1.165, 1.54) is 0 Å². The molecule has 4 heteroatoms. The van der Waals surface area contributed by atoms with Crippen molar-refractivity contribution in [1.29, 1.82) is 0 Å². The molecule has 0 fully saturated rings. The summed E-state index contributed by atoms with van der Waals surface area (Å²) in [6, 6.07) is 11.4. The Bertz CT molecular complexity index is 680. The van der Waals surface area contributed by atoms with Gasteiger partial charge in [0.2, 0.25) is 5.91 Å². The molecule has 1 amide bonds. The smallest absolute Gasteiger partial charge is 0.228 e. The fraction of sp³-hybridized carbons (Fsp3) is 0.278. The first-order valence-electron chi connectivity index (χ1n) is 7.11. The zero-order valence-electron chi connectivity index (χ0n) is 13.4. The van der Waals surface area contributed by atoms with E-state index >= 15 is 0 Å². The number of anilines is 1. The Balaban J connectivity index is 2.10. The number of amides is 1. The van der Waals surface area contributed by atoms with E-state index in [4.69, 9.17) is 9.47 Å². The third-order valence-electron chi connectivity index (χ3n) is 3.52. The number of rotatable bonds is 5. The van der Waals surface area contributed by atoms with E-state index in [9.17, 15) is 4.79 Å². The van der Waals surface area contributed by atoms with E-state index in [1.54, 1.807) is 32.4 Å². The SMILES string of the molecule is COc1ccc(NC(=O)Cc2cc(C)ccc2C)cc1OC. The lowest BCUT2D eigenvalue weighted by atomic mass is 10.0. The molecule has 2 rings (SSSR count). The van der Waals surface area contributed by atoms with Crippen LogP contribution in [0.15, 0.2) is 36.4 Å². The summed E-state index contributed by atoms with van der Waals surface area (Å²) in [4.78, 5) is 12.2. The first-order chi connectivity index (χ1) is 10.5. The molecule has 0 heterocycles. The molecule has 2 aromatic rings. The molecule has 0 aliphatic heterocycles. The van der Waals surface area contributed by atoms with Gasteiger partial charge in [0, 0.05) is 11.8 Å². The summed E-state index contributed by atoms with van der Waals surface area (Å²) in [6.45, 7) is 4.04. The summed E-state index contributed by atoms with van der Waals surface area (Å²) >= 11 is 0. The van der Waals surface area contributed by atoms with Gasteiger partial charge in [-0.2, -0.15) is 0 Å². The molecule has 4 nitrogen and oxygen atoms in total. The maximum absolute atomic E-state index is 12.2. The predicted molar refractivity (Wildman–Crippen MR) is 87.8 cm³/mol. The second kappa shape index (κ2) is 6.98. The normalized spacial score (nSPS) is 10.2. The lowest BCUT2D eigenvalue weighted by Gasteiger charge is -2.11. The van der Waals surface area contributed by atoms with Crippen molar-refractivity contribution >= 4 is 11.6 Å². The lowest BCUT2D eigenvalue weighted by Crippen LogP contribution is -2.15. The molecule has 0 atom stereocenters. The van der Waals surface area contributed by atoms with Crippen molar-refractivity contribution < 1.29 is 14.3 Å². The maximum atomic E-state index is 12.2. The highest BCUT2D eigenvalue weighted by Gasteiger charge is 2.09. The molecule has 116 valence electrons. The van der Waals surface area contributed by atoms with Crippen LogP contribution >= 0.6 is 0 Å². The standard InChI is InChI=1S/C18H21NO3/c1-12-5-6-13(2)14(9-12)10-18(20)19-15-7-8-16(21-3)17(11-15)22-4/h5-9,11H,10H2,1-4H3,(H,19,20). The Kier molecular flexibility index (Phi) is 5.04. The summed E-state index contributed by atoms with van der Waals surface area (Å²) in [6.07, 6.45) is 0.349. The van der Waals surface area contributed by atoms with E-state index in [0.29, 0.717) is 23.6 Å². The average molecular weight is 299 g/mol. The molecule has 2 aromatic carbocycles. The molecule has 22 heavy (non-hydrogen) atoms. The van der Waals surface area contributed by atoms with Gasteiger partial charge in [0.25, 0.3) is 0 Å². The molecule has 0 aliphatic rings. The molecule has 0 spiro atoms. The van der Waals surface area contributed by atoms with Crippen molar-refractivity contribution in [2.45, 2.75) is 20.3 Å². The minimum absolute atomic E-state index is 0.0547. The Morgan fingerprint density at radius 1 is 1.00 bits per heavy atom. The molecule has 0 unspecified atom stereocenters. The van der Waals surface area contributed by atoms with Crippen molar-refractivity contribution in [3.8, 4) is 11.5 Å². The van der Waals surface area contributed by atoms with Gasteiger partial charge in [0.15, 0.2) is 11.5 Å². The zero-order valence-corrected chi connectivity index (χ0v) is 13.4. The van der Waals surface area contributed by atoms with Gasteiger partial charge in [-0.3, -0.25) is 4.79 Å². The summed E-state index contributed by atoms with van der Waals surface area (Å²) in [7, 11) is 3.15. The molecule has 0 saturated heterocycles. The van der Waals surface area contributed by atoms with Crippen molar-refractivity contribution in [2.24, 2.45) is 0 Å². The van der Waals surface area contributed by atoms with Crippen LogP contribution in [0.5, 0.6) is 11.5 Å². The summed E-state index contributed by atoms with van der Waals surface area (Å²) < 4.78 is 10.4. The highest BCUT2D eigenvalue weighted by atomic mass is 16.5. The molecule has 0 aliphatic carbocycles. The summed E-state index contributed by atoms with van der Waals surface area (Å²) in [5.74, 6) is 1.17. The fourth-order valence-corrected chi connectivity index (χ4v) is 2.28. The first kappa shape index (κ1) is 15.9. The van der Waals surface area contributed by atoms with Crippen LogP contribution in [0.25, 0.3) is 0 Å². The lowest BCUT2D eigenvalue weighted by molar-refractivity contribution is -0.115. The highest BCUT2D eigenvalue weighted by Crippen LogP contribution is 2.29. The van der Waals surface area contributed by atoms with Gasteiger partial charge in [-0.1, -0.05) is 23.8 Å². The van der Waals surface area contributed by atoms with Crippen molar-refractivity contribution in [1.82, 2.24) is 0 Å². The predicted octanol–water partition coefficient (Wildman–Crippen LogP) is 3.50. The molecule has 1 N–H and O–H groups in total. The van der Waals surface area contributed by atoms with E-state index in [0.717, 1.165) is 16.7 Å². The van der Waals surface area contributed by atoms with Crippen LogP contribution in [0.1, 0.15) is 16.7 Å². The largest absolute Gasteiger partial charge is 0.493 e. The number of hydrogen-bond acceptors (Lipinski definition) is 3. The topological polar surface area (TPSA) is 47.6 Å². The molecule has 0 radical (unpaired) electrons. The maximum Gasteiger partial charge on any atom is 0.228 e. The average Bonchev–Trinajstić information content (AvgIpc) is 2.50. The number of hydrogen-bond donors (Lipinski definition) is 1. The monoisotopic (exact) mass is 299 g/mol. The van der Waals surface area contributed by atoms with Crippen LogP contribution in [0.4, 0.5) is 5.69 Å². The summed E-state index contributed by atoms with van der Waals surface area (Å²) in [5, 5.41) is 2.89. The quantitative estimate of drug-likeness (QED) is 0.919. The van der Waals surface area contributed by atoms with Gasteiger partial charge in [0.05, 0.1) is 20.6 Å². The van der Waals surface area contributed by atoms with Gasteiger partial charge in [0.1, 0.15) is 0 Å². The Labute approximate surface area is 131 Å². The minimum atomic E-state index is -0.0547. The molecular formula is C18H21NO3. The van der Waals surface area contributed by atoms with Crippen molar-refractivity contribution in [3.63, 3.8) is 0 Å². The van der Waals surface area contributed by atoms with Crippen molar-refractivity contribution in [3.05, 3.63) is 53.1 Å². The highest BCUT2D eigenvalue weighted by molar-refractivity contribution is 5.92. The zero-order chi connectivity index (χ0) is 16.1. The number of carbonyl (C=O) groups excluding carboxylic acids is 1. The third-order valence-corrected chi connectivity index (χ3v) is 3.52. The van der Waals surface area contributed by atoms with Gasteiger partial charge >= 0.3 is 0 Å². The number of aryl methyl sites for hydroxylation is 2. The second-order valence-corrected chi connectivity index (χ2v) is 5.22. The van der Waals surface area contributed by atoms with Gasteiger partial charge in [-0.05, 0) is 37.1 Å². The number of carbonyl (C=O) groups is 1. The fourth-order valence-electron chi connectivity index (χ4n) is 2.28. The van der Waals surface area contributed by atoms with Crippen LogP contribution < -0.4 is 14.8 Å². The molecular weight excluding hydrogens is 278 g/mol. The van der Waals surface area contributed by atoms with Gasteiger partial charge in [-0.15, -0.1) is 0 Å². The van der Waals surface area contributed by atoms with Crippen LogP contribution in [-0.4, -0.2) is 20.1 Å². The number of methoxy groups -OCH3 is 2. The van der Waals surface area contributed by atoms with Crippen molar-refractivity contribution in [2.75, 3.05) is 19.5 Å². The number of benzene rings is 2. The number of ether oxygens (including phenoxy) is 2. The van der Waals surface area contributed by atoms with Crippen LogP contribution in [0, 0.1) is 13.8 Å². The second-order valence-electron chi connectivity index (χ2n) is 5.22. The van der Waals surface area contributed by atoms with Crippen LogP contribution in [0.2, 0.25) is 0 Å². The molecule has 0 bridgehead atoms. The Morgan fingerprint density at radius 2 is 1.73 bits per heavy atom.